The largest absolute Gasteiger partial charge is 0.354 e. The Bertz CT molecular complexity index is 939. The Hall–Kier alpha value is -3.38. The van der Waals surface area contributed by atoms with Crippen molar-refractivity contribution >= 4 is 46.2 Å². The molecule has 3 aromatic rings. The SMILES string of the molecule is CC(=O)Nc1ccc(Nc2ccc(C(=O)Nc3ccc(Cl)cc3)nc2)cc1. The molecule has 0 fully saturated rings. The summed E-state index contributed by atoms with van der Waals surface area (Å²) in [4.78, 5) is 27.5. The van der Waals surface area contributed by atoms with Crippen LogP contribution in [0.1, 0.15) is 17.4 Å². The van der Waals surface area contributed by atoms with E-state index < -0.39 is 0 Å². The first-order valence-corrected chi connectivity index (χ1v) is 8.55. The van der Waals surface area contributed by atoms with Crippen LogP contribution in [0.15, 0.2) is 66.9 Å². The maximum atomic E-state index is 12.2. The molecule has 3 N–H and O–H groups in total. The Labute approximate surface area is 161 Å². The van der Waals surface area contributed by atoms with Crippen LogP contribution in [0.5, 0.6) is 0 Å². The number of pyridine rings is 1. The standard InChI is InChI=1S/C20H17ClN4O2/c1-13(26)23-15-6-8-16(9-7-15)24-18-10-11-19(22-12-18)20(27)25-17-4-2-14(21)3-5-17/h2-12,24H,1H3,(H,23,26)(H,25,27). The average molecular weight is 381 g/mol. The van der Waals surface area contributed by atoms with E-state index in [1.165, 1.54) is 6.92 Å². The molecular weight excluding hydrogens is 364 g/mol. The highest BCUT2D eigenvalue weighted by Gasteiger charge is 2.08. The van der Waals surface area contributed by atoms with Crippen LogP contribution in [-0.2, 0) is 4.79 Å². The predicted molar refractivity (Wildman–Crippen MR) is 108 cm³/mol. The first kappa shape index (κ1) is 18.4. The topological polar surface area (TPSA) is 83.1 Å². The molecule has 0 atom stereocenters. The molecule has 0 radical (unpaired) electrons. The van der Waals surface area contributed by atoms with E-state index in [0.717, 1.165) is 17.1 Å². The van der Waals surface area contributed by atoms with Gasteiger partial charge < -0.3 is 16.0 Å². The molecule has 0 aliphatic rings. The summed E-state index contributed by atoms with van der Waals surface area (Å²) in [5, 5.41) is 9.26. The molecule has 0 aliphatic carbocycles. The normalized spacial score (nSPS) is 10.1. The molecule has 2 amide bonds. The second-order valence-corrected chi connectivity index (χ2v) is 6.21. The Morgan fingerprint density at radius 3 is 1.93 bits per heavy atom. The van der Waals surface area contributed by atoms with Crippen molar-refractivity contribution in [2.24, 2.45) is 0 Å². The molecule has 2 aromatic carbocycles. The van der Waals surface area contributed by atoms with E-state index in [4.69, 9.17) is 11.6 Å². The number of halogens is 1. The van der Waals surface area contributed by atoms with Crippen LogP contribution in [0.25, 0.3) is 0 Å². The van der Waals surface area contributed by atoms with Crippen LogP contribution in [0.3, 0.4) is 0 Å². The van der Waals surface area contributed by atoms with Crippen molar-refractivity contribution in [2.45, 2.75) is 6.92 Å². The number of nitrogens with zero attached hydrogens (tertiary/aromatic N) is 1. The van der Waals surface area contributed by atoms with Gasteiger partial charge in [0.15, 0.2) is 0 Å². The fourth-order valence-corrected chi connectivity index (χ4v) is 2.46. The van der Waals surface area contributed by atoms with E-state index in [9.17, 15) is 9.59 Å². The quantitative estimate of drug-likeness (QED) is 0.599. The van der Waals surface area contributed by atoms with Crippen molar-refractivity contribution in [1.29, 1.82) is 0 Å². The van der Waals surface area contributed by atoms with E-state index in [2.05, 4.69) is 20.9 Å². The van der Waals surface area contributed by atoms with Crippen molar-refractivity contribution in [3.63, 3.8) is 0 Å². The smallest absolute Gasteiger partial charge is 0.274 e. The molecule has 136 valence electrons. The zero-order chi connectivity index (χ0) is 19.2. The van der Waals surface area contributed by atoms with E-state index in [0.29, 0.717) is 16.4 Å². The second-order valence-electron chi connectivity index (χ2n) is 5.78. The number of carbonyl (C=O) groups is 2. The summed E-state index contributed by atoms with van der Waals surface area (Å²) in [5.74, 6) is -0.420. The zero-order valence-corrected chi connectivity index (χ0v) is 15.2. The highest BCUT2D eigenvalue weighted by atomic mass is 35.5. The molecule has 0 spiro atoms. The van der Waals surface area contributed by atoms with Gasteiger partial charge in [0.2, 0.25) is 5.91 Å². The summed E-state index contributed by atoms with van der Waals surface area (Å²) in [6.45, 7) is 1.46. The van der Waals surface area contributed by atoms with Gasteiger partial charge in [-0.05, 0) is 60.7 Å². The minimum atomic E-state index is -0.302. The van der Waals surface area contributed by atoms with Crippen LogP contribution in [-0.4, -0.2) is 16.8 Å². The highest BCUT2D eigenvalue weighted by molar-refractivity contribution is 6.30. The second kappa shape index (κ2) is 8.33. The first-order chi connectivity index (χ1) is 13.0. The summed E-state index contributed by atoms with van der Waals surface area (Å²) >= 11 is 5.83. The molecule has 0 bridgehead atoms. The monoisotopic (exact) mass is 380 g/mol. The zero-order valence-electron chi connectivity index (χ0n) is 14.5. The molecule has 1 aromatic heterocycles. The number of carbonyl (C=O) groups excluding carboxylic acids is 2. The number of benzene rings is 2. The third-order valence-corrected chi connectivity index (χ3v) is 3.84. The summed E-state index contributed by atoms with van der Waals surface area (Å²) < 4.78 is 0. The fourth-order valence-electron chi connectivity index (χ4n) is 2.34. The number of rotatable bonds is 5. The maximum Gasteiger partial charge on any atom is 0.274 e. The van der Waals surface area contributed by atoms with Crippen LogP contribution < -0.4 is 16.0 Å². The predicted octanol–water partition coefficient (Wildman–Crippen LogP) is 4.69. The van der Waals surface area contributed by atoms with Gasteiger partial charge in [-0.1, -0.05) is 11.6 Å². The summed E-state index contributed by atoms with van der Waals surface area (Å²) in [6, 6.07) is 17.5. The van der Waals surface area contributed by atoms with Gasteiger partial charge in [-0.2, -0.15) is 0 Å². The third-order valence-electron chi connectivity index (χ3n) is 3.59. The first-order valence-electron chi connectivity index (χ1n) is 8.17. The average Bonchev–Trinajstić information content (AvgIpc) is 2.65. The minimum Gasteiger partial charge on any atom is -0.354 e. The molecule has 6 nitrogen and oxygen atoms in total. The lowest BCUT2D eigenvalue weighted by atomic mass is 10.2. The van der Waals surface area contributed by atoms with E-state index in [-0.39, 0.29) is 11.8 Å². The molecular formula is C20H17ClN4O2. The Morgan fingerprint density at radius 2 is 1.33 bits per heavy atom. The number of anilines is 4. The molecule has 0 unspecified atom stereocenters. The Kier molecular flexibility index (Phi) is 5.68. The van der Waals surface area contributed by atoms with Gasteiger partial charge in [-0.25, -0.2) is 4.98 Å². The Morgan fingerprint density at radius 1 is 0.778 bits per heavy atom. The fraction of sp³-hybridized carbons (Fsp3) is 0.0500. The van der Waals surface area contributed by atoms with Crippen molar-refractivity contribution in [2.75, 3.05) is 16.0 Å². The van der Waals surface area contributed by atoms with Crippen molar-refractivity contribution in [1.82, 2.24) is 4.98 Å². The van der Waals surface area contributed by atoms with Crippen molar-refractivity contribution in [3.05, 3.63) is 77.6 Å². The maximum absolute atomic E-state index is 12.2. The van der Waals surface area contributed by atoms with Gasteiger partial charge in [0.05, 0.1) is 11.9 Å². The lowest BCUT2D eigenvalue weighted by Gasteiger charge is -2.09. The molecule has 27 heavy (non-hydrogen) atoms. The highest BCUT2D eigenvalue weighted by Crippen LogP contribution is 2.19. The van der Waals surface area contributed by atoms with Gasteiger partial charge in [0, 0.05) is 29.0 Å². The number of hydrogen-bond donors (Lipinski definition) is 3. The molecule has 0 aliphatic heterocycles. The van der Waals surface area contributed by atoms with Gasteiger partial charge in [-0.15, -0.1) is 0 Å². The van der Waals surface area contributed by atoms with Crippen LogP contribution in [0, 0.1) is 0 Å². The number of aromatic nitrogens is 1. The lowest BCUT2D eigenvalue weighted by Crippen LogP contribution is -2.13. The summed E-state index contributed by atoms with van der Waals surface area (Å²) in [5.41, 5.74) is 3.25. The molecule has 0 saturated carbocycles. The van der Waals surface area contributed by atoms with Crippen molar-refractivity contribution < 1.29 is 9.59 Å². The van der Waals surface area contributed by atoms with Gasteiger partial charge in [-0.3, -0.25) is 9.59 Å². The number of hydrogen-bond acceptors (Lipinski definition) is 4. The lowest BCUT2D eigenvalue weighted by molar-refractivity contribution is -0.114. The number of amides is 2. The summed E-state index contributed by atoms with van der Waals surface area (Å²) in [7, 11) is 0. The van der Waals surface area contributed by atoms with Crippen LogP contribution in [0.4, 0.5) is 22.7 Å². The number of nitrogens with one attached hydrogen (secondary N) is 3. The van der Waals surface area contributed by atoms with Crippen molar-refractivity contribution in [3.8, 4) is 0 Å². The molecule has 0 saturated heterocycles. The van der Waals surface area contributed by atoms with Gasteiger partial charge in [0.1, 0.15) is 5.69 Å². The minimum absolute atomic E-state index is 0.118. The summed E-state index contributed by atoms with van der Waals surface area (Å²) in [6.07, 6.45) is 1.58. The van der Waals surface area contributed by atoms with E-state index in [1.807, 2.05) is 12.1 Å². The Balaban J connectivity index is 1.61. The molecule has 3 rings (SSSR count). The van der Waals surface area contributed by atoms with E-state index in [1.54, 1.807) is 54.7 Å². The molecule has 7 heteroatoms. The van der Waals surface area contributed by atoms with Crippen LogP contribution >= 0.6 is 11.6 Å². The molecule has 1 heterocycles. The third kappa shape index (κ3) is 5.29. The van der Waals surface area contributed by atoms with E-state index >= 15 is 0 Å². The van der Waals surface area contributed by atoms with Gasteiger partial charge >= 0.3 is 0 Å². The van der Waals surface area contributed by atoms with Gasteiger partial charge in [0.25, 0.3) is 5.91 Å². The van der Waals surface area contributed by atoms with Crippen LogP contribution in [0.2, 0.25) is 5.02 Å².